The van der Waals surface area contributed by atoms with Crippen LogP contribution in [-0.2, 0) is 0 Å². The number of carbonyl (C=O) groups excluding carboxylic acids is 1. The third-order valence-electron chi connectivity index (χ3n) is 3.32. The lowest BCUT2D eigenvalue weighted by Crippen LogP contribution is -2.15. The normalized spacial score (nSPS) is 14.0. The highest BCUT2D eigenvalue weighted by Gasteiger charge is 2.13. The van der Waals surface area contributed by atoms with Gasteiger partial charge in [-0.05, 0) is 42.0 Å². The van der Waals surface area contributed by atoms with Gasteiger partial charge in [0.2, 0.25) is 0 Å². The largest absolute Gasteiger partial charge is 0.486 e. The highest BCUT2D eigenvalue weighted by atomic mass is 35.5. The minimum atomic E-state index is -0.137. The van der Waals surface area contributed by atoms with Crippen molar-refractivity contribution in [3.8, 4) is 11.5 Å². The van der Waals surface area contributed by atoms with Crippen molar-refractivity contribution in [1.82, 2.24) is 0 Å². The molecule has 0 amide bonds. The Balaban J connectivity index is 1.72. The average Bonchev–Trinajstić information content (AvgIpc) is 2.60. The first-order valence-corrected chi connectivity index (χ1v) is 7.64. The Kier molecular flexibility index (Phi) is 4.79. The number of ketones is 1. The molecule has 4 heteroatoms. The van der Waals surface area contributed by atoms with Crippen LogP contribution in [0.4, 0.5) is 0 Å². The number of halogens is 1. The van der Waals surface area contributed by atoms with Crippen molar-refractivity contribution in [2.75, 3.05) is 13.2 Å². The molecule has 0 saturated heterocycles. The van der Waals surface area contributed by atoms with E-state index in [0.29, 0.717) is 35.3 Å². The van der Waals surface area contributed by atoms with Crippen molar-refractivity contribution in [3.63, 3.8) is 0 Å². The summed E-state index contributed by atoms with van der Waals surface area (Å²) in [5.41, 5.74) is 1.52. The van der Waals surface area contributed by atoms with Gasteiger partial charge in [0.15, 0.2) is 17.3 Å². The molecule has 1 aliphatic heterocycles. The molecule has 116 valence electrons. The molecule has 0 radical (unpaired) electrons. The second-order valence-electron chi connectivity index (χ2n) is 5.00. The number of allylic oxidation sites excluding steroid dienone is 3. The standard InChI is InChI=1S/C19H15ClO3/c20-16(12-14-4-2-1-3-5-14)7-8-17(21)15-6-9-18-19(13-15)23-11-10-22-18/h1-9,12-13H,10-11H2. The Labute approximate surface area is 139 Å². The quantitative estimate of drug-likeness (QED) is 0.472. The molecule has 0 bridgehead atoms. The Morgan fingerprint density at radius 1 is 0.957 bits per heavy atom. The molecule has 0 N–H and O–H groups in total. The molecule has 23 heavy (non-hydrogen) atoms. The molecule has 2 aromatic rings. The molecule has 0 aliphatic carbocycles. The Morgan fingerprint density at radius 2 is 1.70 bits per heavy atom. The Hall–Kier alpha value is -2.52. The van der Waals surface area contributed by atoms with Crippen LogP contribution < -0.4 is 9.47 Å². The van der Waals surface area contributed by atoms with Gasteiger partial charge in [-0.25, -0.2) is 0 Å². The van der Waals surface area contributed by atoms with Gasteiger partial charge < -0.3 is 9.47 Å². The van der Waals surface area contributed by atoms with E-state index in [-0.39, 0.29) is 5.78 Å². The second-order valence-corrected chi connectivity index (χ2v) is 5.43. The van der Waals surface area contributed by atoms with Gasteiger partial charge in [-0.1, -0.05) is 41.9 Å². The lowest BCUT2D eigenvalue weighted by molar-refractivity contribution is 0.104. The topological polar surface area (TPSA) is 35.5 Å². The summed E-state index contributed by atoms with van der Waals surface area (Å²) in [6, 6.07) is 14.8. The molecule has 3 rings (SSSR count). The van der Waals surface area contributed by atoms with Crippen molar-refractivity contribution >= 4 is 23.5 Å². The van der Waals surface area contributed by atoms with E-state index in [2.05, 4.69) is 0 Å². The van der Waals surface area contributed by atoms with Crippen molar-refractivity contribution in [1.29, 1.82) is 0 Å². The maximum atomic E-state index is 12.2. The fourth-order valence-corrected chi connectivity index (χ4v) is 2.39. The van der Waals surface area contributed by atoms with Gasteiger partial charge in [0.25, 0.3) is 0 Å². The molecule has 0 saturated carbocycles. The molecule has 0 fully saturated rings. The molecule has 1 heterocycles. The molecule has 0 spiro atoms. The van der Waals surface area contributed by atoms with Crippen LogP contribution in [0, 0.1) is 0 Å². The zero-order valence-electron chi connectivity index (χ0n) is 12.4. The number of fused-ring (bicyclic) bond motifs is 1. The molecule has 0 unspecified atom stereocenters. The summed E-state index contributed by atoms with van der Waals surface area (Å²) in [6.07, 6.45) is 4.84. The zero-order valence-corrected chi connectivity index (χ0v) is 13.1. The molecule has 0 aromatic heterocycles. The molecule has 3 nitrogen and oxygen atoms in total. The third kappa shape index (κ3) is 4.02. The van der Waals surface area contributed by atoms with E-state index < -0.39 is 0 Å². The zero-order chi connectivity index (χ0) is 16.1. The van der Waals surface area contributed by atoms with Gasteiger partial charge in [-0.3, -0.25) is 4.79 Å². The third-order valence-corrected chi connectivity index (χ3v) is 3.56. The van der Waals surface area contributed by atoms with E-state index in [4.69, 9.17) is 21.1 Å². The van der Waals surface area contributed by atoms with Gasteiger partial charge in [0.05, 0.1) is 0 Å². The fraction of sp³-hybridized carbons (Fsp3) is 0.105. The fourth-order valence-electron chi connectivity index (χ4n) is 2.20. The highest BCUT2D eigenvalue weighted by Crippen LogP contribution is 2.31. The van der Waals surface area contributed by atoms with Crippen LogP contribution in [0.1, 0.15) is 15.9 Å². The van der Waals surface area contributed by atoms with Crippen LogP contribution in [0.15, 0.2) is 65.7 Å². The van der Waals surface area contributed by atoms with Crippen molar-refractivity contribution in [2.24, 2.45) is 0 Å². The Bertz CT molecular complexity index is 763. The van der Waals surface area contributed by atoms with Gasteiger partial charge in [0, 0.05) is 10.6 Å². The maximum absolute atomic E-state index is 12.2. The first-order chi connectivity index (χ1) is 11.2. The summed E-state index contributed by atoms with van der Waals surface area (Å²) in [5, 5.41) is 0.488. The van der Waals surface area contributed by atoms with Gasteiger partial charge >= 0.3 is 0 Å². The van der Waals surface area contributed by atoms with E-state index in [9.17, 15) is 4.79 Å². The van der Waals surface area contributed by atoms with Gasteiger partial charge in [-0.15, -0.1) is 0 Å². The summed E-state index contributed by atoms with van der Waals surface area (Å²) in [6.45, 7) is 1.02. The van der Waals surface area contributed by atoms with E-state index in [1.165, 1.54) is 6.08 Å². The summed E-state index contributed by atoms with van der Waals surface area (Å²) in [4.78, 5) is 12.2. The SMILES string of the molecule is O=C(C=CC(Cl)=Cc1ccccc1)c1ccc2c(c1)OCCO2. The number of ether oxygens (including phenoxy) is 2. The van der Waals surface area contributed by atoms with Gasteiger partial charge in [-0.2, -0.15) is 0 Å². The molecule has 1 aliphatic rings. The van der Waals surface area contributed by atoms with Crippen LogP contribution in [0.5, 0.6) is 11.5 Å². The minimum Gasteiger partial charge on any atom is -0.486 e. The number of benzene rings is 2. The number of carbonyl (C=O) groups is 1. The number of rotatable bonds is 4. The molecule has 0 atom stereocenters. The van der Waals surface area contributed by atoms with Crippen LogP contribution in [0.25, 0.3) is 6.08 Å². The first-order valence-electron chi connectivity index (χ1n) is 7.27. The average molecular weight is 327 g/mol. The van der Waals surface area contributed by atoms with Gasteiger partial charge in [0.1, 0.15) is 13.2 Å². The minimum absolute atomic E-state index is 0.137. The molecule has 2 aromatic carbocycles. The van der Waals surface area contributed by atoms with Crippen molar-refractivity contribution < 1.29 is 14.3 Å². The van der Waals surface area contributed by atoms with Crippen LogP contribution in [0.3, 0.4) is 0 Å². The smallest absolute Gasteiger partial charge is 0.186 e. The van der Waals surface area contributed by atoms with Crippen molar-refractivity contribution in [3.05, 3.63) is 76.8 Å². The van der Waals surface area contributed by atoms with E-state index >= 15 is 0 Å². The molecular weight excluding hydrogens is 312 g/mol. The predicted molar refractivity (Wildman–Crippen MR) is 91.2 cm³/mol. The molecular formula is C19H15ClO3. The summed E-state index contributed by atoms with van der Waals surface area (Å²) >= 11 is 6.14. The van der Waals surface area contributed by atoms with E-state index in [1.807, 2.05) is 30.3 Å². The van der Waals surface area contributed by atoms with Crippen LogP contribution in [-0.4, -0.2) is 19.0 Å². The maximum Gasteiger partial charge on any atom is 0.186 e. The predicted octanol–water partition coefficient (Wildman–Crippen LogP) is 4.48. The lowest BCUT2D eigenvalue weighted by atomic mass is 10.1. The Morgan fingerprint density at radius 3 is 2.48 bits per heavy atom. The lowest BCUT2D eigenvalue weighted by Gasteiger charge is -2.18. The number of hydrogen-bond acceptors (Lipinski definition) is 3. The summed E-state index contributed by atoms with van der Waals surface area (Å²) < 4.78 is 10.9. The first kappa shape index (κ1) is 15.4. The number of hydrogen-bond donors (Lipinski definition) is 0. The van der Waals surface area contributed by atoms with Crippen molar-refractivity contribution in [2.45, 2.75) is 0 Å². The highest BCUT2D eigenvalue weighted by molar-refractivity contribution is 6.33. The van der Waals surface area contributed by atoms with E-state index in [0.717, 1.165) is 5.56 Å². The van der Waals surface area contributed by atoms with E-state index in [1.54, 1.807) is 30.4 Å². The second kappa shape index (κ2) is 7.16. The summed E-state index contributed by atoms with van der Waals surface area (Å²) in [5.74, 6) is 1.13. The summed E-state index contributed by atoms with van der Waals surface area (Å²) in [7, 11) is 0. The monoisotopic (exact) mass is 326 g/mol. The van der Waals surface area contributed by atoms with Crippen LogP contribution >= 0.6 is 11.6 Å². The van der Waals surface area contributed by atoms with Crippen LogP contribution in [0.2, 0.25) is 0 Å².